The molecule has 1 aliphatic carbocycles. The molecule has 1 aromatic rings. The van der Waals surface area contributed by atoms with Gasteiger partial charge in [0.2, 0.25) is 0 Å². The summed E-state index contributed by atoms with van der Waals surface area (Å²) in [5, 5.41) is 21.4. The van der Waals surface area contributed by atoms with E-state index in [0.29, 0.717) is 12.8 Å². The zero-order valence-corrected chi connectivity index (χ0v) is 10.4. The van der Waals surface area contributed by atoms with Crippen molar-refractivity contribution >= 4 is 11.9 Å². The fourth-order valence-corrected chi connectivity index (χ4v) is 2.44. The number of carbonyl (C=O) groups excluding carboxylic acids is 1. The highest BCUT2D eigenvalue weighted by molar-refractivity contribution is 5.96. The third-order valence-electron chi connectivity index (χ3n) is 3.65. The van der Waals surface area contributed by atoms with Crippen molar-refractivity contribution in [3.8, 4) is 5.75 Å². The summed E-state index contributed by atoms with van der Waals surface area (Å²) in [5.41, 5.74) is -0.758. The average Bonchev–Trinajstić information content (AvgIpc) is 2.86. The Kier molecular flexibility index (Phi) is 3.69. The molecule has 6 heteroatoms. The molecule has 0 saturated heterocycles. The van der Waals surface area contributed by atoms with Crippen LogP contribution >= 0.6 is 0 Å². The lowest BCUT2D eigenvalue weighted by molar-refractivity contribution is -0.148. The molecule has 6 nitrogen and oxygen atoms in total. The highest BCUT2D eigenvalue weighted by Crippen LogP contribution is 2.37. The minimum absolute atomic E-state index is 0.0862. The minimum atomic E-state index is -0.871. The van der Waals surface area contributed by atoms with Crippen LogP contribution in [0.3, 0.4) is 0 Å². The first-order valence-corrected chi connectivity index (χ1v) is 6.20. The fraction of sp³-hybridized carbons (Fsp3) is 0.462. The molecule has 3 N–H and O–H groups in total. The summed E-state index contributed by atoms with van der Waals surface area (Å²) in [5.74, 6) is -1.56. The van der Waals surface area contributed by atoms with Crippen LogP contribution in [0.2, 0.25) is 0 Å². The van der Waals surface area contributed by atoms with Gasteiger partial charge in [0, 0.05) is 12.7 Å². The van der Waals surface area contributed by atoms with Crippen LogP contribution in [0.25, 0.3) is 0 Å². The molecule has 1 saturated carbocycles. The maximum atomic E-state index is 11.9. The minimum Gasteiger partial charge on any atom is -0.505 e. The van der Waals surface area contributed by atoms with Crippen LogP contribution in [0.15, 0.2) is 18.5 Å². The van der Waals surface area contributed by atoms with E-state index in [4.69, 9.17) is 0 Å². The summed E-state index contributed by atoms with van der Waals surface area (Å²) in [6.07, 6.45) is 5.45. The lowest BCUT2D eigenvalue weighted by Crippen LogP contribution is -2.41. The number of hydrogen-bond acceptors (Lipinski definition) is 4. The highest BCUT2D eigenvalue weighted by atomic mass is 16.4. The largest absolute Gasteiger partial charge is 0.505 e. The Balaban J connectivity index is 2.04. The molecule has 0 aromatic carbocycles. The van der Waals surface area contributed by atoms with Gasteiger partial charge in [-0.05, 0) is 18.9 Å². The lowest BCUT2D eigenvalue weighted by Gasteiger charge is -2.24. The number of aliphatic carboxylic acids is 1. The van der Waals surface area contributed by atoms with E-state index in [9.17, 15) is 19.8 Å². The van der Waals surface area contributed by atoms with Gasteiger partial charge in [0.15, 0.2) is 0 Å². The number of hydrogen-bond donors (Lipinski definition) is 3. The predicted octanol–water partition coefficient (Wildman–Crippen LogP) is 1.16. The van der Waals surface area contributed by atoms with Crippen molar-refractivity contribution in [1.82, 2.24) is 10.3 Å². The van der Waals surface area contributed by atoms with E-state index in [1.807, 2.05) is 0 Å². The molecule has 0 atom stereocenters. The lowest BCUT2D eigenvalue weighted by atomic mass is 9.86. The second kappa shape index (κ2) is 5.26. The standard InChI is InChI=1S/C13H16N2O4/c16-10-7-14-6-3-9(10)11(17)15-8-13(12(18)19)4-1-2-5-13/h3,6-7,16H,1-2,4-5,8H2,(H,15,17)(H,18,19). The number of carboxylic acids is 1. The summed E-state index contributed by atoms with van der Waals surface area (Å²) in [7, 11) is 0. The zero-order chi connectivity index (χ0) is 13.9. The molecule has 2 rings (SSSR count). The van der Waals surface area contributed by atoms with Crippen molar-refractivity contribution < 1.29 is 19.8 Å². The Labute approximate surface area is 110 Å². The van der Waals surface area contributed by atoms with Gasteiger partial charge < -0.3 is 15.5 Å². The van der Waals surface area contributed by atoms with Crippen molar-refractivity contribution in [2.24, 2.45) is 5.41 Å². The molecular formula is C13H16N2O4. The molecule has 1 aromatic heterocycles. The van der Waals surface area contributed by atoms with E-state index < -0.39 is 17.3 Å². The maximum Gasteiger partial charge on any atom is 0.311 e. The van der Waals surface area contributed by atoms with Crippen LogP contribution in [0.4, 0.5) is 0 Å². The van der Waals surface area contributed by atoms with Gasteiger partial charge in [-0.1, -0.05) is 12.8 Å². The van der Waals surface area contributed by atoms with Crippen LogP contribution in [0, 0.1) is 5.41 Å². The van der Waals surface area contributed by atoms with Crippen LogP contribution in [-0.4, -0.2) is 33.6 Å². The molecule has 1 heterocycles. The van der Waals surface area contributed by atoms with Gasteiger partial charge in [0.25, 0.3) is 5.91 Å². The number of pyridine rings is 1. The molecule has 1 amide bonds. The number of carboxylic acid groups (broad SMARTS) is 1. The number of aromatic hydroxyl groups is 1. The molecule has 1 fully saturated rings. The maximum absolute atomic E-state index is 11.9. The van der Waals surface area contributed by atoms with Crippen LogP contribution in [0.1, 0.15) is 36.0 Å². The number of nitrogens with one attached hydrogen (secondary N) is 1. The SMILES string of the molecule is O=C(NCC1(C(=O)O)CCCC1)c1ccncc1O. The third-order valence-corrected chi connectivity index (χ3v) is 3.65. The van der Waals surface area contributed by atoms with Gasteiger partial charge in [-0.25, -0.2) is 0 Å². The molecule has 1 aliphatic rings. The van der Waals surface area contributed by atoms with Gasteiger partial charge in [-0.15, -0.1) is 0 Å². The predicted molar refractivity (Wildman–Crippen MR) is 66.8 cm³/mol. The van der Waals surface area contributed by atoms with E-state index in [2.05, 4.69) is 10.3 Å². The fourth-order valence-electron chi connectivity index (χ4n) is 2.44. The van der Waals surface area contributed by atoms with E-state index in [1.165, 1.54) is 18.5 Å². The molecule has 0 spiro atoms. The zero-order valence-electron chi connectivity index (χ0n) is 10.4. The van der Waals surface area contributed by atoms with E-state index in [1.54, 1.807) is 0 Å². The molecular weight excluding hydrogens is 248 g/mol. The Bertz CT molecular complexity index is 495. The van der Waals surface area contributed by atoms with E-state index in [0.717, 1.165) is 12.8 Å². The van der Waals surface area contributed by atoms with Crippen molar-refractivity contribution in [3.63, 3.8) is 0 Å². The molecule has 0 aliphatic heterocycles. The van der Waals surface area contributed by atoms with Gasteiger partial charge in [-0.2, -0.15) is 0 Å². The van der Waals surface area contributed by atoms with Crippen LogP contribution in [0.5, 0.6) is 5.75 Å². The molecule has 0 radical (unpaired) electrons. The first-order valence-electron chi connectivity index (χ1n) is 6.20. The van der Waals surface area contributed by atoms with Crippen molar-refractivity contribution in [1.29, 1.82) is 0 Å². The van der Waals surface area contributed by atoms with Gasteiger partial charge in [0.1, 0.15) is 5.75 Å². The summed E-state index contributed by atoms with van der Waals surface area (Å²) in [6, 6.07) is 1.40. The Morgan fingerprint density at radius 2 is 2.05 bits per heavy atom. The number of rotatable bonds is 4. The summed E-state index contributed by atoms with van der Waals surface area (Å²) >= 11 is 0. The number of carbonyl (C=O) groups is 2. The normalized spacial score (nSPS) is 17.1. The van der Waals surface area contributed by atoms with Gasteiger partial charge >= 0.3 is 5.97 Å². The van der Waals surface area contributed by atoms with E-state index >= 15 is 0 Å². The van der Waals surface area contributed by atoms with Crippen molar-refractivity contribution in [3.05, 3.63) is 24.0 Å². The monoisotopic (exact) mass is 264 g/mol. The molecule has 19 heavy (non-hydrogen) atoms. The van der Waals surface area contributed by atoms with E-state index in [-0.39, 0.29) is 17.9 Å². The first-order chi connectivity index (χ1) is 9.05. The Morgan fingerprint density at radius 3 is 2.63 bits per heavy atom. The summed E-state index contributed by atoms with van der Waals surface area (Å²) in [4.78, 5) is 26.9. The van der Waals surface area contributed by atoms with Crippen molar-refractivity contribution in [2.45, 2.75) is 25.7 Å². The average molecular weight is 264 g/mol. The number of amides is 1. The van der Waals surface area contributed by atoms with Crippen LogP contribution in [-0.2, 0) is 4.79 Å². The van der Waals surface area contributed by atoms with Crippen LogP contribution < -0.4 is 5.32 Å². The second-order valence-corrected chi connectivity index (χ2v) is 4.87. The third kappa shape index (κ3) is 2.67. The Hall–Kier alpha value is -2.11. The van der Waals surface area contributed by atoms with Gasteiger partial charge in [0.05, 0.1) is 17.2 Å². The molecule has 0 unspecified atom stereocenters. The highest BCUT2D eigenvalue weighted by Gasteiger charge is 2.41. The molecule has 102 valence electrons. The summed E-state index contributed by atoms with van der Waals surface area (Å²) in [6.45, 7) is 0.0862. The number of aromatic nitrogens is 1. The smallest absolute Gasteiger partial charge is 0.311 e. The Morgan fingerprint density at radius 1 is 1.37 bits per heavy atom. The molecule has 0 bridgehead atoms. The first kappa shape index (κ1) is 13.3. The second-order valence-electron chi connectivity index (χ2n) is 4.87. The quantitative estimate of drug-likeness (QED) is 0.757. The van der Waals surface area contributed by atoms with Crippen molar-refractivity contribution in [2.75, 3.05) is 6.54 Å². The number of nitrogens with zero attached hydrogens (tertiary/aromatic N) is 1. The van der Waals surface area contributed by atoms with Gasteiger partial charge in [-0.3, -0.25) is 14.6 Å². The summed E-state index contributed by atoms with van der Waals surface area (Å²) < 4.78 is 0. The topological polar surface area (TPSA) is 99.5 Å².